The van der Waals surface area contributed by atoms with Gasteiger partial charge in [-0.3, -0.25) is 4.57 Å². The highest BCUT2D eigenvalue weighted by molar-refractivity contribution is 5.99. The van der Waals surface area contributed by atoms with E-state index in [1.165, 1.54) is 0 Å². The smallest absolute Gasteiger partial charge is 0.173 e. The van der Waals surface area contributed by atoms with Crippen molar-refractivity contribution in [3.8, 4) is 5.82 Å². The minimum absolute atomic E-state index is 0.0283. The Labute approximate surface area is 98.4 Å². The lowest BCUT2D eigenvalue weighted by molar-refractivity contribution is 0.318. The third kappa shape index (κ3) is 1.96. The topological polar surface area (TPSA) is 89.3 Å². The van der Waals surface area contributed by atoms with Gasteiger partial charge in [0.15, 0.2) is 5.84 Å². The van der Waals surface area contributed by atoms with E-state index in [1.54, 1.807) is 23.0 Å². The van der Waals surface area contributed by atoms with Gasteiger partial charge in [0.2, 0.25) is 0 Å². The van der Waals surface area contributed by atoms with E-state index in [0.717, 1.165) is 11.5 Å². The van der Waals surface area contributed by atoms with Gasteiger partial charge in [-0.15, -0.1) is 0 Å². The molecule has 2 aromatic heterocycles. The molecule has 88 valence electrons. The van der Waals surface area contributed by atoms with Crippen LogP contribution in [0.5, 0.6) is 0 Å². The van der Waals surface area contributed by atoms with Crippen molar-refractivity contribution in [1.29, 1.82) is 0 Å². The van der Waals surface area contributed by atoms with Gasteiger partial charge in [-0.25, -0.2) is 9.97 Å². The Hall–Kier alpha value is -2.37. The molecule has 0 radical (unpaired) electrons. The molecule has 0 saturated heterocycles. The van der Waals surface area contributed by atoms with E-state index in [1.807, 2.05) is 19.9 Å². The summed E-state index contributed by atoms with van der Waals surface area (Å²) in [5.41, 5.74) is 7.05. The first-order valence-corrected chi connectivity index (χ1v) is 5.09. The molecule has 0 aliphatic rings. The minimum atomic E-state index is 0.0283. The zero-order valence-corrected chi connectivity index (χ0v) is 9.62. The second-order valence-corrected chi connectivity index (χ2v) is 3.65. The number of oxime groups is 1. The Morgan fingerprint density at radius 3 is 2.76 bits per heavy atom. The lowest BCUT2D eigenvalue weighted by Crippen LogP contribution is -2.18. The molecule has 3 N–H and O–H groups in total. The summed E-state index contributed by atoms with van der Waals surface area (Å²) in [4.78, 5) is 8.53. The molecule has 0 atom stereocenters. The quantitative estimate of drug-likeness (QED) is 0.349. The first kappa shape index (κ1) is 11.1. The zero-order valence-electron chi connectivity index (χ0n) is 9.62. The van der Waals surface area contributed by atoms with Crippen LogP contribution in [-0.2, 0) is 0 Å². The third-order valence-electron chi connectivity index (χ3n) is 2.45. The number of hydrogen-bond donors (Lipinski definition) is 2. The monoisotopic (exact) mass is 231 g/mol. The Morgan fingerprint density at radius 2 is 2.18 bits per heavy atom. The van der Waals surface area contributed by atoms with E-state index >= 15 is 0 Å². The number of amidine groups is 1. The largest absolute Gasteiger partial charge is 0.409 e. The van der Waals surface area contributed by atoms with Crippen molar-refractivity contribution in [2.24, 2.45) is 10.9 Å². The van der Waals surface area contributed by atoms with Crippen molar-refractivity contribution in [3.63, 3.8) is 0 Å². The number of nitrogens with two attached hydrogens (primary N) is 1. The average molecular weight is 231 g/mol. The number of hydrogen-bond acceptors (Lipinski definition) is 4. The molecule has 6 heteroatoms. The Bertz CT molecular complexity index is 573. The van der Waals surface area contributed by atoms with Gasteiger partial charge in [-0.2, -0.15) is 0 Å². The summed E-state index contributed by atoms with van der Waals surface area (Å²) in [6.07, 6.45) is 3.46. The van der Waals surface area contributed by atoms with Crippen LogP contribution in [0, 0.1) is 13.8 Å². The number of pyridine rings is 1. The van der Waals surface area contributed by atoms with Crippen molar-refractivity contribution in [2.75, 3.05) is 0 Å². The highest BCUT2D eigenvalue weighted by Gasteiger charge is 2.12. The fourth-order valence-corrected chi connectivity index (χ4v) is 1.58. The zero-order chi connectivity index (χ0) is 12.4. The molecular weight excluding hydrogens is 218 g/mol. The number of nitrogens with zero attached hydrogens (tertiary/aromatic N) is 4. The highest BCUT2D eigenvalue weighted by Crippen LogP contribution is 2.14. The van der Waals surface area contributed by atoms with Crippen LogP contribution in [0.25, 0.3) is 5.82 Å². The molecule has 0 spiro atoms. The van der Waals surface area contributed by atoms with E-state index < -0.39 is 0 Å². The molecule has 0 amide bonds. The van der Waals surface area contributed by atoms with Gasteiger partial charge in [0.1, 0.15) is 11.6 Å². The molecule has 0 fully saturated rings. The van der Waals surface area contributed by atoms with Crippen molar-refractivity contribution in [2.45, 2.75) is 13.8 Å². The van der Waals surface area contributed by atoms with Crippen LogP contribution < -0.4 is 5.73 Å². The predicted molar refractivity (Wildman–Crippen MR) is 63.3 cm³/mol. The fraction of sp³-hybridized carbons (Fsp3) is 0.182. The Kier molecular flexibility index (Phi) is 2.78. The second-order valence-electron chi connectivity index (χ2n) is 3.65. The molecule has 0 aromatic carbocycles. The molecule has 0 unspecified atom stereocenters. The van der Waals surface area contributed by atoms with Gasteiger partial charge < -0.3 is 10.9 Å². The van der Waals surface area contributed by atoms with E-state index in [0.29, 0.717) is 11.4 Å². The minimum Gasteiger partial charge on any atom is -0.409 e. The molecular formula is C11H13N5O. The van der Waals surface area contributed by atoms with E-state index in [2.05, 4.69) is 15.1 Å². The van der Waals surface area contributed by atoms with Crippen LogP contribution in [-0.4, -0.2) is 25.6 Å². The van der Waals surface area contributed by atoms with Gasteiger partial charge in [-0.1, -0.05) is 5.16 Å². The van der Waals surface area contributed by atoms with Crippen molar-refractivity contribution < 1.29 is 5.21 Å². The Balaban J connectivity index is 2.67. The predicted octanol–water partition coefficient (Wildman–Crippen LogP) is 0.979. The molecule has 0 aliphatic heterocycles. The summed E-state index contributed by atoms with van der Waals surface area (Å²) in [5, 5.41) is 11.8. The van der Waals surface area contributed by atoms with Crippen LogP contribution in [0.1, 0.15) is 17.1 Å². The third-order valence-corrected chi connectivity index (χ3v) is 2.45. The number of rotatable bonds is 2. The summed E-state index contributed by atoms with van der Waals surface area (Å²) in [6, 6.07) is 3.58. The SMILES string of the molecule is Cc1ccc(C(N)=NO)c(-n2ccnc2C)n1. The fourth-order valence-electron chi connectivity index (χ4n) is 1.58. The molecule has 6 nitrogen and oxygen atoms in total. The molecule has 17 heavy (non-hydrogen) atoms. The van der Waals surface area contributed by atoms with Crippen molar-refractivity contribution >= 4 is 5.84 Å². The average Bonchev–Trinajstić information content (AvgIpc) is 2.74. The Morgan fingerprint density at radius 1 is 1.41 bits per heavy atom. The van der Waals surface area contributed by atoms with Gasteiger partial charge in [0, 0.05) is 18.1 Å². The summed E-state index contributed by atoms with van der Waals surface area (Å²) < 4.78 is 1.79. The molecule has 0 aliphatic carbocycles. The van der Waals surface area contributed by atoms with Crippen molar-refractivity contribution in [3.05, 3.63) is 41.6 Å². The maximum absolute atomic E-state index is 8.76. The van der Waals surface area contributed by atoms with E-state index in [9.17, 15) is 0 Å². The standard InChI is InChI=1S/C11H13N5O/c1-7-3-4-9(10(12)15-17)11(14-7)16-6-5-13-8(16)2/h3-6,17H,1-2H3,(H2,12,15). The molecule has 0 bridgehead atoms. The summed E-state index contributed by atoms with van der Waals surface area (Å²) in [5.74, 6) is 1.42. The van der Waals surface area contributed by atoms with Crippen LogP contribution in [0.15, 0.2) is 29.7 Å². The van der Waals surface area contributed by atoms with Gasteiger partial charge in [0.25, 0.3) is 0 Å². The molecule has 2 heterocycles. The van der Waals surface area contributed by atoms with Crippen LogP contribution in [0.4, 0.5) is 0 Å². The van der Waals surface area contributed by atoms with Gasteiger partial charge >= 0.3 is 0 Å². The van der Waals surface area contributed by atoms with E-state index in [-0.39, 0.29) is 5.84 Å². The summed E-state index contributed by atoms with van der Waals surface area (Å²) in [6.45, 7) is 3.74. The lowest BCUT2D eigenvalue weighted by atomic mass is 10.2. The number of aryl methyl sites for hydroxylation is 2. The second kappa shape index (κ2) is 4.25. The van der Waals surface area contributed by atoms with Crippen molar-refractivity contribution in [1.82, 2.24) is 14.5 Å². The first-order chi connectivity index (χ1) is 8.13. The molecule has 2 aromatic rings. The number of aromatic nitrogens is 3. The number of imidazole rings is 1. The first-order valence-electron chi connectivity index (χ1n) is 5.09. The van der Waals surface area contributed by atoms with Gasteiger partial charge in [0.05, 0.1) is 5.56 Å². The maximum atomic E-state index is 8.76. The maximum Gasteiger partial charge on any atom is 0.173 e. The van der Waals surface area contributed by atoms with Crippen LogP contribution in [0.3, 0.4) is 0 Å². The highest BCUT2D eigenvalue weighted by atomic mass is 16.4. The van der Waals surface area contributed by atoms with Crippen LogP contribution in [0.2, 0.25) is 0 Å². The lowest BCUT2D eigenvalue weighted by Gasteiger charge is -2.10. The molecule has 0 saturated carbocycles. The summed E-state index contributed by atoms with van der Waals surface area (Å²) >= 11 is 0. The van der Waals surface area contributed by atoms with E-state index in [4.69, 9.17) is 10.9 Å². The van der Waals surface area contributed by atoms with Crippen LogP contribution >= 0.6 is 0 Å². The summed E-state index contributed by atoms with van der Waals surface area (Å²) in [7, 11) is 0. The van der Waals surface area contributed by atoms with Gasteiger partial charge in [-0.05, 0) is 26.0 Å². The molecule has 2 rings (SSSR count). The normalized spacial score (nSPS) is 11.8.